The molecule has 1 N–H and O–H groups in total. The van der Waals surface area contributed by atoms with Gasteiger partial charge in [0.05, 0.1) is 10.6 Å². The van der Waals surface area contributed by atoms with E-state index in [1.54, 1.807) is 12.1 Å². The Morgan fingerprint density at radius 1 is 1.26 bits per heavy atom. The van der Waals surface area contributed by atoms with Crippen molar-refractivity contribution in [3.8, 4) is 11.1 Å². The van der Waals surface area contributed by atoms with Gasteiger partial charge >= 0.3 is 6.18 Å². The Morgan fingerprint density at radius 3 is 2.63 bits per heavy atom. The van der Waals surface area contributed by atoms with E-state index in [-0.39, 0.29) is 5.82 Å². The molecular formula is C17H13F4N3OS2. The summed E-state index contributed by atoms with van der Waals surface area (Å²) < 4.78 is 50.0. The molecule has 0 aliphatic heterocycles. The minimum atomic E-state index is -4.47. The quantitative estimate of drug-likeness (QED) is 0.374. The standard InChI is InChI=1S/C17H13F4N3OS2/c1-9(14(25)22-7-17(19,20)21)27-16-13-12(6-26-15(13)23-8-24-16)10-2-4-11(18)5-3-10/h2-6,8-9H,7H2,1H3,(H,22,25). The van der Waals surface area contributed by atoms with Crippen molar-refractivity contribution in [1.82, 2.24) is 15.3 Å². The second-order valence-corrected chi connectivity index (χ2v) is 7.80. The van der Waals surface area contributed by atoms with E-state index in [1.165, 1.54) is 36.7 Å². The SMILES string of the molecule is CC(Sc1ncnc2scc(-c3ccc(F)cc3)c12)C(=O)NCC(F)(F)F. The number of aromatic nitrogens is 2. The number of hydrogen-bond acceptors (Lipinski definition) is 5. The number of hydrogen-bond donors (Lipinski definition) is 1. The summed E-state index contributed by atoms with van der Waals surface area (Å²) in [7, 11) is 0. The highest BCUT2D eigenvalue weighted by atomic mass is 32.2. The lowest BCUT2D eigenvalue weighted by atomic mass is 10.1. The number of halogens is 4. The summed E-state index contributed by atoms with van der Waals surface area (Å²) in [6.07, 6.45) is -3.12. The van der Waals surface area contributed by atoms with Gasteiger partial charge < -0.3 is 5.32 Å². The van der Waals surface area contributed by atoms with Crippen LogP contribution in [0.4, 0.5) is 17.6 Å². The molecule has 0 bridgehead atoms. The molecule has 0 radical (unpaired) electrons. The van der Waals surface area contributed by atoms with Crippen molar-refractivity contribution in [3.63, 3.8) is 0 Å². The van der Waals surface area contributed by atoms with Crippen molar-refractivity contribution < 1.29 is 22.4 Å². The zero-order valence-corrected chi connectivity index (χ0v) is 15.5. The molecule has 0 saturated heterocycles. The fraction of sp³-hybridized carbons (Fsp3) is 0.235. The third kappa shape index (κ3) is 4.75. The van der Waals surface area contributed by atoms with E-state index in [9.17, 15) is 22.4 Å². The van der Waals surface area contributed by atoms with Crippen LogP contribution in [-0.2, 0) is 4.79 Å². The predicted molar refractivity (Wildman–Crippen MR) is 97.2 cm³/mol. The monoisotopic (exact) mass is 415 g/mol. The zero-order chi connectivity index (χ0) is 19.6. The van der Waals surface area contributed by atoms with E-state index in [1.807, 2.05) is 10.7 Å². The Hall–Kier alpha value is -2.20. The minimum absolute atomic E-state index is 0.362. The van der Waals surface area contributed by atoms with Gasteiger partial charge in [0.2, 0.25) is 5.91 Å². The minimum Gasteiger partial charge on any atom is -0.346 e. The summed E-state index contributed by atoms with van der Waals surface area (Å²) >= 11 is 2.42. The number of carbonyl (C=O) groups is 1. The van der Waals surface area contributed by atoms with E-state index >= 15 is 0 Å². The summed E-state index contributed by atoms with van der Waals surface area (Å²) in [6.45, 7) is 0.128. The lowest BCUT2D eigenvalue weighted by Crippen LogP contribution is -2.38. The van der Waals surface area contributed by atoms with Gasteiger partial charge in [0.25, 0.3) is 0 Å². The molecule has 1 unspecified atom stereocenters. The van der Waals surface area contributed by atoms with Crippen LogP contribution in [-0.4, -0.2) is 33.8 Å². The maximum absolute atomic E-state index is 13.2. The summed E-state index contributed by atoms with van der Waals surface area (Å²) in [6, 6.07) is 5.92. The fourth-order valence-corrected chi connectivity index (χ4v) is 4.27. The first-order valence-corrected chi connectivity index (χ1v) is 9.50. The number of fused-ring (bicyclic) bond motifs is 1. The van der Waals surface area contributed by atoms with Crippen LogP contribution >= 0.6 is 23.1 Å². The van der Waals surface area contributed by atoms with E-state index in [0.717, 1.165) is 22.9 Å². The molecule has 0 spiro atoms. The van der Waals surface area contributed by atoms with E-state index in [4.69, 9.17) is 0 Å². The molecule has 2 aromatic heterocycles. The Kier molecular flexibility index (Phi) is 5.66. The van der Waals surface area contributed by atoms with Gasteiger partial charge in [0.1, 0.15) is 28.5 Å². The van der Waals surface area contributed by atoms with Crippen molar-refractivity contribution in [2.24, 2.45) is 0 Å². The largest absolute Gasteiger partial charge is 0.405 e. The average molecular weight is 415 g/mol. The van der Waals surface area contributed by atoms with Gasteiger partial charge in [-0.3, -0.25) is 4.79 Å². The van der Waals surface area contributed by atoms with Crippen LogP contribution in [0.25, 0.3) is 21.3 Å². The third-order valence-corrected chi connectivity index (χ3v) is 5.60. The Bertz CT molecular complexity index is 957. The van der Waals surface area contributed by atoms with E-state index < -0.39 is 23.9 Å². The van der Waals surface area contributed by atoms with Crippen LogP contribution in [0.2, 0.25) is 0 Å². The molecule has 0 aliphatic carbocycles. The number of thiophene rings is 1. The van der Waals surface area contributed by atoms with Crippen molar-refractivity contribution in [2.45, 2.75) is 23.4 Å². The number of thioether (sulfide) groups is 1. The van der Waals surface area contributed by atoms with Crippen molar-refractivity contribution >= 4 is 39.2 Å². The average Bonchev–Trinajstić information content (AvgIpc) is 3.05. The molecule has 27 heavy (non-hydrogen) atoms. The zero-order valence-electron chi connectivity index (χ0n) is 13.9. The second-order valence-electron chi connectivity index (χ2n) is 5.61. The molecule has 1 aromatic carbocycles. The topological polar surface area (TPSA) is 54.9 Å². The van der Waals surface area contributed by atoms with Crippen molar-refractivity contribution in [3.05, 3.63) is 41.8 Å². The lowest BCUT2D eigenvalue weighted by molar-refractivity contribution is -0.137. The highest BCUT2D eigenvalue weighted by Crippen LogP contribution is 2.39. The summed E-state index contributed by atoms with van der Waals surface area (Å²) in [4.78, 5) is 21.0. The molecule has 1 amide bonds. The van der Waals surface area contributed by atoms with Gasteiger partial charge in [-0.25, -0.2) is 14.4 Å². The molecule has 1 atom stereocenters. The molecule has 2 heterocycles. The second kappa shape index (κ2) is 7.81. The van der Waals surface area contributed by atoms with Crippen LogP contribution in [0.3, 0.4) is 0 Å². The molecular weight excluding hydrogens is 402 g/mol. The summed E-state index contributed by atoms with van der Waals surface area (Å²) in [5, 5.41) is 4.11. The molecule has 142 valence electrons. The lowest BCUT2D eigenvalue weighted by Gasteiger charge is -2.13. The van der Waals surface area contributed by atoms with Crippen LogP contribution in [0, 0.1) is 5.82 Å². The van der Waals surface area contributed by atoms with Gasteiger partial charge in [-0.2, -0.15) is 13.2 Å². The number of alkyl halides is 3. The van der Waals surface area contributed by atoms with Gasteiger partial charge in [-0.15, -0.1) is 11.3 Å². The van der Waals surface area contributed by atoms with Gasteiger partial charge in [-0.05, 0) is 24.6 Å². The molecule has 0 fully saturated rings. The van der Waals surface area contributed by atoms with Gasteiger partial charge in [-0.1, -0.05) is 23.9 Å². The number of nitrogens with one attached hydrogen (secondary N) is 1. The normalized spacial score (nSPS) is 12.9. The van der Waals surface area contributed by atoms with Crippen LogP contribution in [0.15, 0.2) is 41.0 Å². The van der Waals surface area contributed by atoms with E-state index in [2.05, 4.69) is 9.97 Å². The van der Waals surface area contributed by atoms with Crippen molar-refractivity contribution in [1.29, 1.82) is 0 Å². The molecule has 4 nitrogen and oxygen atoms in total. The molecule has 3 aromatic rings. The first kappa shape index (κ1) is 19.6. The molecule has 0 aliphatic rings. The van der Waals surface area contributed by atoms with Gasteiger partial charge in [0, 0.05) is 10.9 Å². The number of benzene rings is 1. The maximum Gasteiger partial charge on any atom is 0.405 e. The summed E-state index contributed by atoms with van der Waals surface area (Å²) in [5.74, 6) is -1.10. The smallest absolute Gasteiger partial charge is 0.346 e. The predicted octanol–water partition coefficient (Wildman–Crippen LogP) is 4.66. The van der Waals surface area contributed by atoms with Gasteiger partial charge in [0.15, 0.2) is 0 Å². The molecule has 0 saturated carbocycles. The molecule has 3 rings (SSSR count). The third-order valence-electron chi connectivity index (χ3n) is 3.61. The number of nitrogens with zero attached hydrogens (tertiary/aromatic N) is 2. The maximum atomic E-state index is 13.2. The van der Waals surface area contributed by atoms with Crippen LogP contribution in [0.5, 0.6) is 0 Å². The Morgan fingerprint density at radius 2 is 1.96 bits per heavy atom. The van der Waals surface area contributed by atoms with Crippen LogP contribution < -0.4 is 5.32 Å². The van der Waals surface area contributed by atoms with Crippen molar-refractivity contribution in [2.75, 3.05) is 6.54 Å². The number of rotatable bonds is 5. The highest BCUT2D eigenvalue weighted by molar-refractivity contribution is 8.00. The van der Waals surface area contributed by atoms with E-state index in [0.29, 0.717) is 15.2 Å². The Labute approximate surface area is 160 Å². The first-order valence-electron chi connectivity index (χ1n) is 7.74. The highest BCUT2D eigenvalue weighted by Gasteiger charge is 2.29. The molecule has 10 heteroatoms. The first-order chi connectivity index (χ1) is 12.7. The Balaban J connectivity index is 1.87. The number of amides is 1. The number of carbonyl (C=O) groups excluding carboxylic acids is 1. The fourth-order valence-electron chi connectivity index (χ4n) is 2.33. The summed E-state index contributed by atoms with van der Waals surface area (Å²) in [5.41, 5.74) is 1.54. The van der Waals surface area contributed by atoms with Crippen LogP contribution in [0.1, 0.15) is 6.92 Å².